The molecule has 0 unspecified atom stereocenters. The summed E-state index contributed by atoms with van der Waals surface area (Å²) in [5, 5.41) is 46.7. The van der Waals surface area contributed by atoms with Crippen LogP contribution in [0, 0.1) is 0 Å². The van der Waals surface area contributed by atoms with E-state index < -0.39 is 26.6 Å². The molecule has 0 heterocycles. The van der Waals surface area contributed by atoms with Gasteiger partial charge in [-0.15, -0.1) is 0 Å². The predicted octanol–water partition coefficient (Wildman–Crippen LogP) is -3.00. The van der Waals surface area contributed by atoms with Crippen LogP contribution < -0.4 is 0 Å². The standard InChI is InChI=1S/C6H14O2.2BH3O2/c1-5(2,7)6(3,4)8;2*2-1-3/h7-8H,1-4H3;2*1-3H. The second kappa shape index (κ2) is 9.45. The molecule has 0 fully saturated rings. The Balaban J connectivity index is -0.000000168. The quantitative estimate of drug-likeness (QED) is 0.256. The maximum Gasteiger partial charge on any atom is 0.432 e. The maximum atomic E-state index is 9.10. The van der Waals surface area contributed by atoms with E-state index in [0.29, 0.717) is 0 Å². The Morgan fingerprint density at radius 3 is 0.714 bits per heavy atom. The first-order valence-corrected chi connectivity index (χ1v) is 3.96. The van der Waals surface area contributed by atoms with Gasteiger partial charge in [-0.25, -0.2) is 0 Å². The highest BCUT2D eigenvalue weighted by molar-refractivity contribution is 6.13. The van der Waals surface area contributed by atoms with Crippen LogP contribution in [0.2, 0.25) is 0 Å². The van der Waals surface area contributed by atoms with Crippen molar-refractivity contribution in [2.75, 3.05) is 0 Å². The Labute approximate surface area is 85.5 Å². The second-order valence-corrected chi connectivity index (χ2v) is 3.40. The minimum Gasteiger partial charge on any atom is -0.430 e. The van der Waals surface area contributed by atoms with Crippen LogP contribution in [-0.4, -0.2) is 56.9 Å². The van der Waals surface area contributed by atoms with Gasteiger partial charge in [0.05, 0.1) is 11.2 Å². The maximum absolute atomic E-state index is 9.10. The summed E-state index contributed by atoms with van der Waals surface area (Å²) < 4.78 is 0. The molecule has 0 atom stereocenters. The summed E-state index contributed by atoms with van der Waals surface area (Å²) in [6, 6.07) is 0. The zero-order chi connectivity index (χ0) is 12.4. The first-order valence-electron chi connectivity index (χ1n) is 3.96. The number of rotatable bonds is 1. The predicted molar refractivity (Wildman–Crippen MR) is 55.8 cm³/mol. The van der Waals surface area contributed by atoms with Gasteiger partial charge in [-0.05, 0) is 27.7 Å². The highest BCUT2D eigenvalue weighted by Crippen LogP contribution is 2.19. The molecule has 0 spiro atoms. The highest BCUT2D eigenvalue weighted by Gasteiger charge is 2.31. The topological polar surface area (TPSA) is 121 Å². The molecule has 0 aliphatic carbocycles. The number of aliphatic hydroxyl groups is 2. The van der Waals surface area contributed by atoms with E-state index in [1.54, 1.807) is 27.7 Å². The molecular weight excluding hydrogens is 190 g/mol. The van der Waals surface area contributed by atoms with E-state index in [-0.39, 0.29) is 0 Å². The minimum atomic E-state index is -1.01. The van der Waals surface area contributed by atoms with Crippen molar-refractivity contribution in [2.45, 2.75) is 38.9 Å². The van der Waals surface area contributed by atoms with Gasteiger partial charge in [0.15, 0.2) is 0 Å². The van der Waals surface area contributed by atoms with Gasteiger partial charge in [-0.2, -0.15) is 0 Å². The Morgan fingerprint density at radius 1 is 0.643 bits per heavy atom. The third-order valence-corrected chi connectivity index (χ3v) is 1.50. The first kappa shape index (κ1) is 19.5. The average molecular weight is 210 g/mol. The molecule has 0 aliphatic heterocycles. The first-order chi connectivity index (χ1) is 6.08. The zero-order valence-electron chi connectivity index (χ0n) is 9.10. The van der Waals surface area contributed by atoms with Gasteiger partial charge >= 0.3 is 15.4 Å². The SMILES string of the molecule is CC(C)(O)C(C)(C)O.OBO.OBO. The Kier molecular flexibility index (Phi) is 13.1. The van der Waals surface area contributed by atoms with Crippen molar-refractivity contribution in [3.05, 3.63) is 0 Å². The third kappa shape index (κ3) is 17.8. The lowest BCUT2D eigenvalue weighted by Gasteiger charge is -2.31. The fraction of sp³-hybridized carbons (Fsp3) is 1.00. The van der Waals surface area contributed by atoms with Crippen LogP contribution in [0.1, 0.15) is 27.7 Å². The molecule has 6 N–H and O–H groups in total. The average Bonchev–Trinajstić information content (AvgIpc) is 1.85. The van der Waals surface area contributed by atoms with Gasteiger partial charge in [-0.3, -0.25) is 0 Å². The van der Waals surface area contributed by atoms with Crippen molar-refractivity contribution in [3.63, 3.8) is 0 Å². The third-order valence-electron chi connectivity index (χ3n) is 1.50. The van der Waals surface area contributed by atoms with Crippen LogP contribution in [0.5, 0.6) is 0 Å². The van der Waals surface area contributed by atoms with Crippen LogP contribution >= 0.6 is 0 Å². The lowest BCUT2D eigenvalue weighted by molar-refractivity contribution is -0.107. The fourth-order valence-corrected chi connectivity index (χ4v) is 0. The molecule has 0 aliphatic rings. The molecule has 0 bridgehead atoms. The minimum absolute atomic E-state index is 0.750. The zero-order valence-corrected chi connectivity index (χ0v) is 9.10. The molecule has 0 radical (unpaired) electrons. The van der Waals surface area contributed by atoms with Crippen molar-refractivity contribution in [1.29, 1.82) is 0 Å². The molecule has 0 aromatic carbocycles. The van der Waals surface area contributed by atoms with Crippen LogP contribution in [-0.2, 0) is 0 Å². The summed E-state index contributed by atoms with van der Waals surface area (Å²) in [5.41, 5.74) is -2.01. The van der Waals surface area contributed by atoms with Crippen molar-refractivity contribution < 1.29 is 30.3 Å². The Morgan fingerprint density at radius 2 is 0.714 bits per heavy atom. The van der Waals surface area contributed by atoms with Gasteiger partial charge in [-0.1, -0.05) is 0 Å². The van der Waals surface area contributed by atoms with E-state index in [1.165, 1.54) is 0 Å². The molecule has 0 rings (SSSR count). The largest absolute Gasteiger partial charge is 0.432 e. The Hall–Kier alpha value is -0.110. The van der Waals surface area contributed by atoms with E-state index in [0.717, 1.165) is 0 Å². The van der Waals surface area contributed by atoms with Crippen LogP contribution in [0.4, 0.5) is 0 Å². The summed E-state index contributed by atoms with van der Waals surface area (Å²) in [6.45, 7) is 6.31. The second-order valence-electron chi connectivity index (χ2n) is 3.40. The van der Waals surface area contributed by atoms with Crippen LogP contribution in [0.25, 0.3) is 0 Å². The number of hydrogen-bond acceptors (Lipinski definition) is 6. The number of hydrogen-bond donors (Lipinski definition) is 6. The van der Waals surface area contributed by atoms with Crippen molar-refractivity contribution in [3.8, 4) is 0 Å². The molecule has 0 amide bonds. The monoisotopic (exact) mass is 210 g/mol. The molecular formula is C6H20B2O6. The van der Waals surface area contributed by atoms with Crippen molar-refractivity contribution in [1.82, 2.24) is 0 Å². The van der Waals surface area contributed by atoms with Crippen LogP contribution in [0.15, 0.2) is 0 Å². The summed E-state index contributed by atoms with van der Waals surface area (Å²) in [7, 11) is -1.50. The van der Waals surface area contributed by atoms with Crippen LogP contribution in [0.3, 0.4) is 0 Å². The molecule has 0 saturated heterocycles. The molecule has 86 valence electrons. The smallest absolute Gasteiger partial charge is 0.430 e. The van der Waals surface area contributed by atoms with Crippen molar-refractivity contribution >= 4 is 15.4 Å². The van der Waals surface area contributed by atoms with Gasteiger partial charge in [0.25, 0.3) is 0 Å². The summed E-state index contributed by atoms with van der Waals surface area (Å²) >= 11 is 0. The lowest BCUT2D eigenvalue weighted by atomic mass is 9.90. The summed E-state index contributed by atoms with van der Waals surface area (Å²) in [5.74, 6) is 0. The van der Waals surface area contributed by atoms with Gasteiger partial charge in [0, 0.05) is 0 Å². The van der Waals surface area contributed by atoms with Gasteiger partial charge < -0.3 is 30.3 Å². The van der Waals surface area contributed by atoms with E-state index in [4.69, 9.17) is 30.3 Å². The molecule has 0 saturated carbocycles. The van der Waals surface area contributed by atoms with Gasteiger partial charge in [0.1, 0.15) is 0 Å². The summed E-state index contributed by atoms with van der Waals surface area (Å²) in [4.78, 5) is 0. The summed E-state index contributed by atoms with van der Waals surface area (Å²) in [6.07, 6.45) is 0. The molecule has 8 heteroatoms. The van der Waals surface area contributed by atoms with Gasteiger partial charge in [0.2, 0.25) is 0 Å². The molecule has 0 aromatic rings. The molecule has 0 aromatic heterocycles. The fourth-order valence-electron chi connectivity index (χ4n) is 0. The molecule has 14 heavy (non-hydrogen) atoms. The molecule has 6 nitrogen and oxygen atoms in total. The highest BCUT2D eigenvalue weighted by atomic mass is 16.4. The lowest BCUT2D eigenvalue weighted by Crippen LogP contribution is -2.44. The van der Waals surface area contributed by atoms with Crippen molar-refractivity contribution in [2.24, 2.45) is 0 Å². The van der Waals surface area contributed by atoms with E-state index in [1.807, 2.05) is 0 Å². The van der Waals surface area contributed by atoms with E-state index in [9.17, 15) is 0 Å². The Bertz CT molecular complexity index is 93.9. The van der Waals surface area contributed by atoms with E-state index in [2.05, 4.69) is 0 Å². The van der Waals surface area contributed by atoms with E-state index >= 15 is 0 Å². The normalized spacial score (nSPS) is 10.1.